The molecule has 2 aromatic rings. The highest BCUT2D eigenvalue weighted by atomic mass is 19.4. The molecule has 1 atom stereocenters. The first-order chi connectivity index (χ1) is 13.8. The van der Waals surface area contributed by atoms with Crippen molar-refractivity contribution in [2.24, 2.45) is 5.16 Å². The van der Waals surface area contributed by atoms with Crippen LogP contribution in [-0.2, 0) is 32.0 Å². The summed E-state index contributed by atoms with van der Waals surface area (Å²) in [6, 6.07) is 11.3. The lowest BCUT2D eigenvalue weighted by Gasteiger charge is -2.17. The third kappa shape index (κ3) is 6.03. The van der Waals surface area contributed by atoms with Crippen LogP contribution in [0.25, 0.3) is 0 Å². The third-order valence-corrected chi connectivity index (χ3v) is 4.04. The second-order valence-corrected chi connectivity index (χ2v) is 6.02. The maximum Gasteiger partial charge on any atom is 0.416 e. The molecule has 0 amide bonds. The average Bonchev–Trinajstić information content (AvgIpc) is 2.71. The van der Waals surface area contributed by atoms with Crippen LogP contribution >= 0.6 is 0 Å². The van der Waals surface area contributed by atoms with Crippen molar-refractivity contribution in [3.63, 3.8) is 0 Å². The van der Waals surface area contributed by atoms with Crippen molar-refractivity contribution in [1.29, 1.82) is 0 Å². The SMILES string of the molecule is CO/N=C(/C(=O)OC)c1ccccc1CONC(C)c1cccc(C(F)(F)F)c1. The van der Waals surface area contributed by atoms with Gasteiger partial charge in [0.05, 0.1) is 25.3 Å². The summed E-state index contributed by atoms with van der Waals surface area (Å²) in [5.41, 5.74) is 3.44. The summed E-state index contributed by atoms with van der Waals surface area (Å²) >= 11 is 0. The predicted octanol–water partition coefficient (Wildman–Crippen LogP) is 4.01. The van der Waals surface area contributed by atoms with Gasteiger partial charge in [0.25, 0.3) is 0 Å². The summed E-state index contributed by atoms with van der Waals surface area (Å²) in [6.45, 7) is 1.70. The van der Waals surface area contributed by atoms with E-state index in [-0.39, 0.29) is 12.3 Å². The summed E-state index contributed by atoms with van der Waals surface area (Å²) < 4.78 is 43.3. The molecule has 0 fully saturated rings. The molecule has 2 aromatic carbocycles. The highest BCUT2D eigenvalue weighted by molar-refractivity contribution is 6.43. The summed E-state index contributed by atoms with van der Waals surface area (Å²) in [5.74, 6) is -0.676. The molecule has 29 heavy (non-hydrogen) atoms. The summed E-state index contributed by atoms with van der Waals surface area (Å²) in [6.07, 6.45) is -4.42. The summed E-state index contributed by atoms with van der Waals surface area (Å²) in [4.78, 5) is 22.1. The molecule has 0 aromatic heterocycles. The molecule has 0 saturated heterocycles. The van der Waals surface area contributed by atoms with Crippen LogP contribution in [-0.4, -0.2) is 25.9 Å². The van der Waals surface area contributed by atoms with Gasteiger partial charge in [0.2, 0.25) is 0 Å². The Hall–Kier alpha value is -2.91. The number of carbonyl (C=O) groups is 1. The molecule has 0 aliphatic heterocycles. The Kier molecular flexibility index (Phi) is 7.74. The van der Waals surface area contributed by atoms with Gasteiger partial charge in [0.15, 0.2) is 5.71 Å². The van der Waals surface area contributed by atoms with Gasteiger partial charge in [0, 0.05) is 5.56 Å². The fraction of sp³-hybridized carbons (Fsp3) is 0.300. The Balaban J connectivity index is 2.10. The van der Waals surface area contributed by atoms with E-state index in [1.54, 1.807) is 37.3 Å². The van der Waals surface area contributed by atoms with Crippen LogP contribution < -0.4 is 5.48 Å². The zero-order valence-electron chi connectivity index (χ0n) is 16.1. The van der Waals surface area contributed by atoms with Crippen molar-refractivity contribution in [3.05, 3.63) is 70.8 Å². The Bertz CT molecular complexity index is 869. The van der Waals surface area contributed by atoms with E-state index < -0.39 is 23.8 Å². The lowest BCUT2D eigenvalue weighted by molar-refractivity contribution is -0.137. The van der Waals surface area contributed by atoms with Gasteiger partial charge in [-0.1, -0.05) is 41.6 Å². The molecule has 0 saturated carbocycles. The molecule has 0 heterocycles. The first kappa shape index (κ1) is 22.4. The van der Waals surface area contributed by atoms with Gasteiger partial charge in [-0.3, -0.25) is 4.84 Å². The van der Waals surface area contributed by atoms with Crippen molar-refractivity contribution >= 4 is 11.7 Å². The van der Waals surface area contributed by atoms with Crippen molar-refractivity contribution in [1.82, 2.24) is 5.48 Å². The van der Waals surface area contributed by atoms with Gasteiger partial charge < -0.3 is 9.57 Å². The molecule has 1 unspecified atom stereocenters. The van der Waals surface area contributed by atoms with Crippen LogP contribution in [0, 0.1) is 0 Å². The highest BCUT2D eigenvalue weighted by Gasteiger charge is 2.30. The number of hydroxylamine groups is 1. The van der Waals surface area contributed by atoms with E-state index in [9.17, 15) is 18.0 Å². The molecule has 0 radical (unpaired) electrons. The van der Waals surface area contributed by atoms with E-state index in [0.29, 0.717) is 16.7 Å². The number of oxime groups is 1. The Morgan fingerprint density at radius 2 is 1.86 bits per heavy atom. The molecule has 2 rings (SSSR count). The van der Waals surface area contributed by atoms with Crippen LogP contribution in [0.15, 0.2) is 53.7 Å². The zero-order chi connectivity index (χ0) is 21.4. The van der Waals surface area contributed by atoms with E-state index in [1.807, 2.05) is 0 Å². The lowest BCUT2D eigenvalue weighted by Crippen LogP contribution is -2.22. The molecule has 0 aliphatic carbocycles. The minimum Gasteiger partial charge on any atom is -0.464 e. The van der Waals surface area contributed by atoms with Gasteiger partial charge in [-0.2, -0.15) is 18.7 Å². The summed E-state index contributed by atoms with van der Waals surface area (Å²) in [5, 5.41) is 3.71. The van der Waals surface area contributed by atoms with Crippen LogP contribution in [0.2, 0.25) is 0 Å². The Morgan fingerprint density at radius 1 is 1.14 bits per heavy atom. The Morgan fingerprint density at radius 3 is 2.52 bits per heavy atom. The largest absolute Gasteiger partial charge is 0.464 e. The summed E-state index contributed by atoms with van der Waals surface area (Å²) in [7, 11) is 2.53. The first-order valence-electron chi connectivity index (χ1n) is 8.60. The standard InChI is InChI=1S/C20H21F3N2O4/c1-13(14-8-6-9-16(11-14)20(21,22)23)24-29-12-15-7-4-5-10-17(15)18(25-28-3)19(26)27-2/h4-11,13,24H,12H2,1-3H3/b25-18+. The van der Waals surface area contributed by atoms with Crippen LogP contribution in [0.5, 0.6) is 0 Å². The fourth-order valence-electron chi connectivity index (χ4n) is 2.56. The molecule has 1 N–H and O–H groups in total. The molecule has 0 bridgehead atoms. The van der Waals surface area contributed by atoms with Crippen LogP contribution in [0.3, 0.4) is 0 Å². The van der Waals surface area contributed by atoms with E-state index in [4.69, 9.17) is 14.4 Å². The number of methoxy groups -OCH3 is 1. The molecule has 0 spiro atoms. The minimum atomic E-state index is -4.42. The fourth-order valence-corrected chi connectivity index (χ4v) is 2.56. The number of benzene rings is 2. The number of alkyl halides is 3. The van der Waals surface area contributed by atoms with Crippen LogP contribution in [0.4, 0.5) is 13.2 Å². The monoisotopic (exact) mass is 410 g/mol. The minimum absolute atomic E-state index is 0.0270. The molecule has 156 valence electrons. The zero-order valence-corrected chi connectivity index (χ0v) is 16.1. The van der Waals surface area contributed by atoms with Gasteiger partial charge in [-0.15, -0.1) is 0 Å². The second kappa shape index (κ2) is 10.0. The number of ether oxygens (including phenoxy) is 1. The second-order valence-electron chi connectivity index (χ2n) is 6.02. The number of halogens is 3. The molecule has 6 nitrogen and oxygen atoms in total. The number of nitrogens with one attached hydrogen (secondary N) is 1. The van der Waals surface area contributed by atoms with Gasteiger partial charge in [-0.05, 0) is 30.2 Å². The quantitative estimate of drug-likeness (QED) is 0.405. The number of esters is 1. The van der Waals surface area contributed by atoms with E-state index in [2.05, 4.69) is 10.6 Å². The number of rotatable bonds is 8. The van der Waals surface area contributed by atoms with E-state index in [1.165, 1.54) is 20.3 Å². The third-order valence-electron chi connectivity index (χ3n) is 4.04. The van der Waals surface area contributed by atoms with Crippen molar-refractivity contribution in [2.75, 3.05) is 14.2 Å². The average molecular weight is 410 g/mol. The normalized spacial score (nSPS) is 13.1. The number of hydrogen-bond donors (Lipinski definition) is 1. The van der Waals surface area contributed by atoms with Gasteiger partial charge in [-0.25, -0.2) is 4.79 Å². The van der Waals surface area contributed by atoms with E-state index in [0.717, 1.165) is 12.1 Å². The molecule has 9 heteroatoms. The number of carbonyl (C=O) groups excluding carboxylic acids is 1. The van der Waals surface area contributed by atoms with Crippen molar-refractivity contribution < 1.29 is 32.4 Å². The smallest absolute Gasteiger partial charge is 0.416 e. The van der Waals surface area contributed by atoms with Crippen LogP contribution in [0.1, 0.15) is 35.2 Å². The lowest BCUT2D eigenvalue weighted by atomic mass is 10.0. The maximum atomic E-state index is 12.9. The Labute approximate surface area is 166 Å². The molecule has 0 aliphatic rings. The van der Waals surface area contributed by atoms with Crippen molar-refractivity contribution in [2.45, 2.75) is 25.7 Å². The van der Waals surface area contributed by atoms with Gasteiger partial charge in [0.1, 0.15) is 7.11 Å². The maximum absolute atomic E-state index is 12.9. The van der Waals surface area contributed by atoms with E-state index >= 15 is 0 Å². The number of hydrogen-bond acceptors (Lipinski definition) is 6. The van der Waals surface area contributed by atoms with Crippen molar-refractivity contribution in [3.8, 4) is 0 Å². The number of nitrogens with zero attached hydrogens (tertiary/aromatic N) is 1. The van der Waals surface area contributed by atoms with Gasteiger partial charge >= 0.3 is 12.1 Å². The first-order valence-corrected chi connectivity index (χ1v) is 8.60. The molecular weight excluding hydrogens is 389 g/mol. The molecular formula is C20H21F3N2O4. The highest BCUT2D eigenvalue weighted by Crippen LogP contribution is 2.30. The predicted molar refractivity (Wildman–Crippen MR) is 99.8 cm³/mol. The topological polar surface area (TPSA) is 69.2 Å².